The molecule has 2 aromatic carbocycles. The Morgan fingerprint density at radius 1 is 1.03 bits per heavy atom. The molecule has 1 saturated carbocycles. The van der Waals surface area contributed by atoms with Crippen molar-refractivity contribution in [3.63, 3.8) is 0 Å². The minimum Gasteiger partial charge on any atom is -0.493 e. The van der Waals surface area contributed by atoms with Gasteiger partial charge < -0.3 is 14.7 Å². The van der Waals surface area contributed by atoms with Gasteiger partial charge in [-0.2, -0.15) is 0 Å². The molecule has 1 N–H and O–H groups in total. The molecule has 0 bridgehead atoms. The summed E-state index contributed by atoms with van der Waals surface area (Å²) in [6, 6.07) is 7.89. The van der Waals surface area contributed by atoms with Gasteiger partial charge in [0.15, 0.2) is 0 Å². The van der Waals surface area contributed by atoms with Crippen molar-refractivity contribution in [3.8, 4) is 5.75 Å². The third-order valence-corrected chi connectivity index (χ3v) is 8.62. The molecule has 1 amide bonds. The summed E-state index contributed by atoms with van der Waals surface area (Å²) in [6.45, 7) is 4.81. The van der Waals surface area contributed by atoms with Crippen molar-refractivity contribution >= 4 is 35.1 Å². The molecule has 1 aliphatic carbocycles. The number of hydrogen-bond donors (Lipinski definition) is 1. The van der Waals surface area contributed by atoms with Crippen LogP contribution < -0.4 is 4.74 Å². The van der Waals surface area contributed by atoms with E-state index in [1.54, 1.807) is 12.1 Å². The number of halogens is 3. The summed E-state index contributed by atoms with van der Waals surface area (Å²) in [5, 5.41) is 10.7. The first kappa shape index (κ1) is 27.2. The van der Waals surface area contributed by atoms with Gasteiger partial charge in [0.2, 0.25) is 0 Å². The Labute approximate surface area is 232 Å². The number of hydrogen-bond acceptors (Lipinski definition) is 4. The first-order chi connectivity index (χ1) is 18.2. The van der Waals surface area contributed by atoms with Crippen LogP contribution in [0.3, 0.4) is 0 Å². The van der Waals surface area contributed by atoms with Gasteiger partial charge in [0, 0.05) is 28.7 Å². The number of ether oxygens (including phenoxy) is 1. The Balaban J connectivity index is 1.22. The third kappa shape index (κ3) is 5.95. The molecule has 9 heteroatoms. The zero-order valence-electron chi connectivity index (χ0n) is 21.5. The Morgan fingerprint density at radius 2 is 1.71 bits per heavy atom. The van der Waals surface area contributed by atoms with Crippen LogP contribution in [0, 0.1) is 11.7 Å². The number of aliphatic carboxylic acids is 1. The minimum atomic E-state index is -1.05. The van der Waals surface area contributed by atoms with Gasteiger partial charge in [-0.3, -0.25) is 9.69 Å². The van der Waals surface area contributed by atoms with Gasteiger partial charge >= 0.3 is 5.97 Å². The van der Waals surface area contributed by atoms with Gasteiger partial charge in [-0.1, -0.05) is 23.2 Å². The molecule has 0 aromatic heterocycles. The predicted molar refractivity (Wildman–Crippen MR) is 145 cm³/mol. The quantitative estimate of drug-likeness (QED) is 0.395. The number of rotatable bonds is 8. The summed E-state index contributed by atoms with van der Waals surface area (Å²) in [7, 11) is 0. The lowest BCUT2D eigenvalue weighted by Gasteiger charge is -2.36. The lowest BCUT2D eigenvalue weighted by molar-refractivity contribution is -0.141. The van der Waals surface area contributed by atoms with Crippen molar-refractivity contribution in [1.29, 1.82) is 0 Å². The van der Waals surface area contributed by atoms with Crippen LogP contribution in [-0.4, -0.2) is 59.1 Å². The summed E-state index contributed by atoms with van der Waals surface area (Å²) < 4.78 is 21.3. The fourth-order valence-corrected chi connectivity index (χ4v) is 6.28. The fourth-order valence-electron chi connectivity index (χ4n) is 5.74. The average molecular weight is 563 g/mol. The van der Waals surface area contributed by atoms with Gasteiger partial charge in [-0.25, -0.2) is 9.18 Å². The first-order valence-corrected chi connectivity index (χ1v) is 14.2. The Bertz CT molecular complexity index is 1190. The van der Waals surface area contributed by atoms with Crippen molar-refractivity contribution in [2.75, 3.05) is 26.2 Å². The highest BCUT2D eigenvalue weighted by Gasteiger charge is 2.37. The van der Waals surface area contributed by atoms with E-state index in [4.69, 9.17) is 27.9 Å². The molecular weight excluding hydrogens is 530 g/mol. The number of carbonyl (C=O) groups is 2. The first-order valence-electron chi connectivity index (χ1n) is 13.4. The van der Waals surface area contributed by atoms with Crippen LogP contribution in [0.15, 0.2) is 30.3 Å². The molecule has 6 nitrogen and oxygen atoms in total. The van der Waals surface area contributed by atoms with E-state index in [0.29, 0.717) is 47.7 Å². The Hall–Kier alpha value is -2.35. The van der Waals surface area contributed by atoms with E-state index in [2.05, 4.69) is 11.8 Å². The zero-order valence-corrected chi connectivity index (χ0v) is 23.0. The maximum absolute atomic E-state index is 15.2. The van der Waals surface area contributed by atoms with E-state index >= 15 is 4.39 Å². The van der Waals surface area contributed by atoms with Gasteiger partial charge in [-0.05, 0) is 106 Å². The van der Waals surface area contributed by atoms with Gasteiger partial charge in [0.05, 0.1) is 12.2 Å². The van der Waals surface area contributed by atoms with Crippen LogP contribution in [0.1, 0.15) is 78.9 Å². The number of amides is 1. The molecule has 0 spiro atoms. The molecule has 2 heterocycles. The molecule has 2 aliphatic heterocycles. The zero-order chi connectivity index (χ0) is 27.0. The minimum absolute atomic E-state index is 0.0594. The standard InChI is InChI=1S/C29H33Cl2FN2O4/c1-17(20-11-21(30)13-22(31)12-20)33-9-6-18(7-10-33)16-38-27-15-25(32)24(14-23(27)19-4-5-19)28(35)34-8-2-3-26(34)29(36)37/h11-15,17-19,26H,2-10,16H2,1H3,(H,36,37). The van der Waals surface area contributed by atoms with Crippen molar-refractivity contribution in [2.24, 2.45) is 5.92 Å². The summed E-state index contributed by atoms with van der Waals surface area (Å²) in [5.74, 6) is -1.16. The third-order valence-electron chi connectivity index (χ3n) is 8.18. The van der Waals surface area contributed by atoms with E-state index in [1.165, 1.54) is 11.0 Å². The van der Waals surface area contributed by atoms with E-state index in [0.717, 1.165) is 49.9 Å². The molecule has 2 atom stereocenters. The topological polar surface area (TPSA) is 70.1 Å². The van der Waals surface area contributed by atoms with Crippen molar-refractivity contribution in [2.45, 2.75) is 63.5 Å². The van der Waals surface area contributed by atoms with Crippen molar-refractivity contribution in [1.82, 2.24) is 9.80 Å². The molecule has 3 aliphatic rings. The van der Waals surface area contributed by atoms with Crippen molar-refractivity contribution < 1.29 is 23.8 Å². The van der Waals surface area contributed by atoms with Crippen LogP contribution in [0.2, 0.25) is 10.0 Å². The summed E-state index contributed by atoms with van der Waals surface area (Å²) >= 11 is 12.4. The lowest BCUT2D eigenvalue weighted by atomic mass is 9.95. The SMILES string of the molecule is CC(c1cc(Cl)cc(Cl)c1)N1CCC(COc2cc(F)c(C(=O)N3CCCC3C(=O)O)cc2C2CC2)CC1. The average Bonchev–Trinajstić information content (AvgIpc) is 3.61. The molecule has 2 aromatic rings. The molecule has 2 saturated heterocycles. The number of carboxylic acid groups (broad SMARTS) is 1. The highest BCUT2D eigenvalue weighted by atomic mass is 35.5. The maximum Gasteiger partial charge on any atom is 0.326 e. The van der Waals surface area contributed by atoms with E-state index in [-0.39, 0.29) is 17.5 Å². The summed E-state index contributed by atoms with van der Waals surface area (Å²) in [5.41, 5.74) is 1.89. The van der Waals surface area contributed by atoms with E-state index in [1.807, 2.05) is 12.1 Å². The molecule has 5 rings (SSSR count). The largest absolute Gasteiger partial charge is 0.493 e. The normalized spacial score (nSPS) is 21.5. The molecule has 204 valence electrons. The van der Waals surface area contributed by atoms with Crippen LogP contribution >= 0.6 is 23.2 Å². The molecular formula is C29H33Cl2FN2O4. The second-order valence-corrected chi connectivity index (χ2v) is 11.7. The van der Waals surface area contributed by atoms with Crippen molar-refractivity contribution in [3.05, 3.63) is 62.9 Å². The number of piperidine rings is 1. The number of likely N-dealkylation sites (tertiary alicyclic amines) is 2. The number of carbonyl (C=O) groups excluding carboxylic acids is 1. The van der Waals surface area contributed by atoms with Crippen LogP contribution in [0.25, 0.3) is 0 Å². The maximum atomic E-state index is 15.2. The number of benzene rings is 2. The van der Waals surface area contributed by atoms with Gasteiger partial charge in [0.25, 0.3) is 5.91 Å². The van der Waals surface area contributed by atoms with Gasteiger partial charge in [0.1, 0.15) is 17.6 Å². The molecule has 0 radical (unpaired) electrons. The van der Waals surface area contributed by atoms with E-state index < -0.39 is 23.7 Å². The highest BCUT2D eigenvalue weighted by molar-refractivity contribution is 6.34. The summed E-state index contributed by atoms with van der Waals surface area (Å²) in [6.07, 6.45) is 4.86. The molecule has 3 fully saturated rings. The number of nitrogens with zero attached hydrogens (tertiary/aromatic N) is 2. The molecule has 38 heavy (non-hydrogen) atoms. The fraction of sp³-hybridized carbons (Fsp3) is 0.517. The predicted octanol–water partition coefficient (Wildman–Crippen LogP) is 6.55. The second kappa shape index (κ2) is 11.4. The monoisotopic (exact) mass is 562 g/mol. The summed E-state index contributed by atoms with van der Waals surface area (Å²) in [4.78, 5) is 28.3. The highest BCUT2D eigenvalue weighted by Crippen LogP contribution is 2.45. The van der Waals surface area contributed by atoms with Crippen LogP contribution in [-0.2, 0) is 4.79 Å². The smallest absolute Gasteiger partial charge is 0.326 e. The van der Waals surface area contributed by atoms with E-state index in [9.17, 15) is 14.7 Å². The van der Waals surface area contributed by atoms with Crippen LogP contribution in [0.4, 0.5) is 4.39 Å². The lowest BCUT2D eigenvalue weighted by Crippen LogP contribution is -2.40. The Morgan fingerprint density at radius 3 is 2.34 bits per heavy atom. The van der Waals surface area contributed by atoms with Crippen LogP contribution in [0.5, 0.6) is 5.75 Å². The molecule has 2 unspecified atom stereocenters. The van der Waals surface area contributed by atoms with Gasteiger partial charge in [-0.15, -0.1) is 0 Å². The number of carboxylic acids is 1. The Kier molecular flexibility index (Phi) is 8.17. The second-order valence-electron chi connectivity index (χ2n) is 10.8.